The van der Waals surface area contributed by atoms with E-state index in [0.717, 1.165) is 0 Å². The number of carbonyl (C=O) groups excluding carboxylic acids is 1. The molecule has 0 spiro atoms. The van der Waals surface area contributed by atoms with Crippen LogP contribution in [0.15, 0.2) is 56.7 Å². The number of amides is 1. The van der Waals surface area contributed by atoms with Crippen LogP contribution < -0.4 is 10.0 Å². The Labute approximate surface area is 165 Å². The molecule has 9 nitrogen and oxygen atoms in total. The van der Waals surface area contributed by atoms with E-state index in [2.05, 4.69) is 62.1 Å². The van der Waals surface area contributed by atoms with Gasteiger partial charge in [0, 0.05) is 18.1 Å². The molecule has 1 aromatic carbocycles. The SMILES string of the molecule is O=C(Nc1ccc(S(=O)(=O)Nc2ncccn2)cc1)c1n[nH]c(Br)c1Br. The summed E-state index contributed by atoms with van der Waals surface area (Å²) in [5, 5.41) is 9.11. The number of benzene rings is 1. The molecule has 0 saturated carbocycles. The Hall–Kier alpha value is -2.31. The van der Waals surface area contributed by atoms with E-state index in [-0.39, 0.29) is 16.5 Å². The molecule has 0 fully saturated rings. The van der Waals surface area contributed by atoms with Gasteiger partial charge < -0.3 is 5.32 Å². The molecule has 134 valence electrons. The van der Waals surface area contributed by atoms with Crippen LogP contribution in [0.3, 0.4) is 0 Å². The summed E-state index contributed by atoms with van der Waals surface area (Å²) in [4.78, 5) is 19.8. The van der Waals surface area contributed by atoms with Crippen molar-refractivity contribution in [2.24, 2.45) is 0 Å². The predicted octanol–water partition coefficient (Wildman–Crippen LogP) is 2.78. The van der Waals surface area contributed by atoms with Crippen LogP contribution >= 0.6 is 31.9 Å². The highest BCUT2D eigenvalue weighted by molar-refractivity contribution is 9.13. The van der Waals surface area contributed by atoms with Gasteiger partial charge in [-0.2, -0.15) is 5.10 Å². The van der Waals surface area contributed by atoms with Crippen LogP contribution in [0.2, 0.25) is 0 Å². The smallest absolute Gasteiger partial charge is 0.277 e. The van der Waals surface area contributed by atoms with E-state index in [1.807, 2.05) is 0 Å². The normalized spacial score (nSPS) is 11.2. The molecule has 1 amide bonds. The number of aromatic amines is 1. The molecule has 3 N–H and O–H groups in total. The molecule has 26 heavy (non-hydrogen) atoms. The van der Waals surface area contributed by atoms with Gasteiger partial charge in [0.2, 0.25) is 5.95 Å². The Morgan fingerprint density at radius 3 is 2.31 bits per heavy atom. The van der Waals surface area contributed by atoms with Gasteiger partial charge in [-0.05, 0) is 62.2 Å². The van der Waals surface area contributed by atoms with Gasteiger partial charge >= 0.3 is 0 Å². The molecule has 0 atom stereocenters. The van der Waals surface area contributed by atoms with E-state index in [0.29, 0.717) is 14.8 Å². The molecule has 0 bridgehead atoms. The van der Waals surface area contributed by atoms with Crippen LogP contribution in [0.4, 0.5) is 11.6 Å². The molecular weight excluding hydrogens is 492 g/mol. The summed E-state index contributed by atoms with van der Waals surface area (Å²) in [6, 6.07) is 7.22. The van der Waals surface area contributed by atoms with Crippen molar-refractivity contribution < 1.29 is 13.2 Å². The number of halogens is 2. The fourth-order valence-electron chi connectivity index (χ4n) is 1.90. The van der Waals surface area contributed by atoms with Crippen molar-refractivity contribution in [3.8, 4) is 0 Å². The van der Waals surface area contributed by atoms with Crippen molar-refractivity contribution in [1.82, 2.24) is 20.2 Å². The van der Waals surface area contributed by atoms with Gasteiger partial charge in [0.1, 0.15) is 4.60 Å². The van der Waals surface area contributed by atoms with Gasteiger partial charge in [0.15, 0.2) is 5.69 Å². The van der Waals surface area contributed by atoms with Crippen molar-refractivity contribution in [2.45, 2.75) is 4.90 Å². The van der Waals surface area contributed by atoms with E-state index in [4.69, 9.17) is 0 Å². The van der Waals surface area contributed by atoms with Crippen molar-refractivity contribution in [2.75, 3.05) is 10.0 Å². The van der Waals surface area contributed by atoms with Gasteiger partial charge in [-0.25, -0.2) is 23.1 Å². The first-order valence-electron chi connectivity index (χ1n) is 6.97. The molecule has 0 aliphatic rings. The van der Waals surface area contributed by atoms with E-state index in [1.165, 1.54) is 36.7 Å². The second-order valence-corrected chi connectivity index (χ2v) is 8.12. The maximum atomic E-state index is 12.3. The zero-order valence-electron chi connectivity index (χ0n) is 12.8. The number of anilines is 2. The second-order valence-electron chi connectivity index (χ2n) is 4.86. The fraction of sp³-hybridized carbons (Fsp3) is 0. The van der Waals surface area contributed by atoms with Crippen molar-refractivity contribution in [3.05, 3.63) is 57.5 Å². The maximum absolute atomic E-state index is 12.3. The predicted molar refractivity (Wildman–Crippen MR) is 101 cm³/mol. The van der Waals surface area contributed by atoms with Crippen LogP contribution in [0.5, 0.6) is 0 Å². The number of hydrogen-bond donors (Lipinski definition) is 3. The van der Waals surface area contributed by atoms with Crippen molar-refractivity contribution >= 4 is 59.4 Å². The molecule has 0 radical (unpaired) electrons. The molecule has 3 aromatic rings. The summed E-state index contributed by atoms with van der Waals surface area (Å²) in [7, 11) is -3.83. The van der Waals surface area contributed by atoms with Gasteiger partial charge in [-0.15, -0.1) is 0 Å². The highest BCUT2D eigenvalue weighted by atomic mass is 79.9. The lowest BCUT2D eigenvalue weighted by Gasteiger charge is -2.08. The summed E-state index contributed by atoms with van der Waals surface area (Å²) < 4.78 is 27.9. The van der Waals surface area contributed by atoms with Crippen LogP contribution in [0, 0.1) is 0 Å². The van der Waals surface area contributed by atoms with Gasteiger partial charge in [0.25, 0.3) is 15.9 Å². The lowest BCUT2D eigenvalue weighted by Crippen LogP contribution is -2.15. The molecule has 2 aromatic heterocycles. The standard InChI is InChI=1S/C14H10Br2N6O3S/c15-10-11(20-21-12(10)16)13(23)19-8-2-4-9(5-3-8)26(24,25)22-14-17-6-1-7-18-14/h1-7H,(H,19,23)(H,20,21)(H,17,18,22). The number of aromatic nitrogens is 4. The molecule has 2 heterocycles. The fourth-order valence-corrected chi connectivity index (χ4v) is 3.49. The summed E-state index contributed by atoms with van der Waals surface area (Å²) in [5.41, 5.74) is 0.576. The number of sulfonamides is 1. The third-order valence-corrected chi connectivity index (χ3v) is 6.32. The molecule has 0 aliphatic heterocycles. The molecule has 0 unspecified atom stereocenters. The molecule has 3 rings (SSSR count). The van der Waals surface area contributed by atoms with Crippen molar-refractivity contribution in [3.63, 3.8) is 0 Å². The second kappa shape index (κ2) is 7.51. The molecule has 0 aliphatic carbocycles. The minimum absolute atomic E-state index is 0.00615. The van der Waals surface area contributed by atoms with E-state index in [9.17, 15) is 13.2 Å². The molecule has 0 saturated heterocycles. The lowest BCUT2D eigenvalue weighted by atomic mass is 10.3. The number of rotatable bonds is 5. The lowest BCUT2D eigenvalue weighted by molar-refractivity contribution is 0.102. The van der Waals surface area contributed by atoms with Crippen LogP contribution in [-0.4, -0.2) is 34.5 Å². The zero-order valence-corrected chi connectivity index (χ0v) is 16.8. The highest BCUT2D eigenvalue weighted by Gasteiger charge is 2.18. The first-order valence-corrected chi connectivity index (χ1v) is 10.0. The highest BCUT2D eigenvalue weighted by Crippen LogP contribution is 2.25. The van der Waals surface area contributed by atoms with Crippen molar-refractivity contribution in [1.29, 1.82) is 0 Å². The topological polar surface area (TPSA) is 130 Å². The zero-order chi connectivity index (χ0) is 18.7. The maximum Gasteiger partial charge on any atom is 0.277 e. The quantitative estimate of drug-likeness (QED) is 0.492. The number of hydrogen-bond acceptors (Lipinski definition) is 6. The summed E-state index contributed by atoms with van der Waals surface area (Å²) in [6.07, 6.45) is 2.85. The van der Waals surface area contributed by atoms with E-state index >= 15 is 0 Å². The first-order chi connectivity index (χ1) is 12.4. The van der Waals surface area contributed by atoms with Crippen LogP contribution in [0.25, 0.3) is 0 Å². The Balaban J connectivity index is 1.74. The number of H-pyrrole nitrogens is 1. The summed E-state index contributed by atoms with van der Waals surface area (Å²) >= 11 is 6.43. The van der Waals surface area contributed by atoms with E-state index < -0.39 is 15.9 Å². The number of nitrogens with zero attached hydrogens (tertiary/aromatic N) is 3. The van der Waals surface area contributed by atoms with Crippen LogP contribution in [-0.2, 0) is 10.0 Å². The average molecular weight is 502 g/mol. The van der Waals surface area contributed by atoms with Gasteiger partial charge in [0.05, 0.1) is 9.37 Å². The third-order valence-electron chi connectivity index (χ3n) is 3.10. The van der Waals surface area contributed by atoms with E-state index in [1.54, 1.807) is 6.07 Å². The monoisotopic (exact) mass is 500 g/mol. The summed E-state index contributed by atoms with van der Waals surface area (Å²) in [6.45, 7) is 0. The third kappa shape index (κ3) is 4.08. The Bertz CT molecular complexity index is 1040. The minimum atomic E-state index is -3.83. The minimum Gasteiger partial charge on any atom is -0.321 e. The average Bonchev–Trinajstić information content (AvgIpc) is 2.95. The Kier molecular flexibility index (Phi) is 5.34. The molecule has 12 heteroatoms. The Morgan fingerprint density at radius 2 is 1.73 bits per heavy atom. The van der Waals surface area contributed by atoms with Gasteiger partial charge in [-0.1, -0.05) is 0 Å². The van der Waals surface area contributed by atoms with Gasteiger partial charge in [-0.3, -0.25) is 9.89 Å². The van der Waals surface area contributed by atoms with Crippen LogP contribution in [0.1, 0.15) is 10.5 Å². The largest absolute Gasteiger partial charge is 0.321 e. The number of nitrogens with one attached hydrogen (secondary N) is 3. The molecular formula is C14H10Br2N6O3S. The number of carbonyl (C=O) groups is 1. The summed E-state index contributed by atoms with van der Waals surface area (Å²) in [5.74, 6) is -0.482. The first kappa shape index (κ1) is 18.5. The Morgan fingerprint density at radius 1 is 1.08 bits per heavy atom.